The van der Waals surface area contributed by atoms with Crippen molar-refractivity contribution < 1.29 is 48.3 Å². The number of hydrogen-bond donors (Lipinski definition) is 19. The molecule has 9 atom stereocenters. The number of aromatic nitrogens is 3. The van der Waals surface area contributed by atoms with Crippen molar-refractivity contribution >= 4 is 104 Å². The van der Waals surface area contributed by atoms with Gasteiger partial charge in [-0.1, -0.05) is 96.1 Å². The number of nitrogens with one attached hydrogen (secondary N) is 11. The zero-order valence-electron chi connectivity index (χ0n) is 55.6. The normalized spacial score (nSPS) is 14.2. The first-order chi connectivity index (χ1) is 46.1. The summed E-state index contributed by atoms with van der Waals surface area (Å²) in [6.07, 6.45) is 5.15. The Morgan fingerprint density at radius 3 is 1.01 bits per heavy atom. The number of rotatable bonds is 38. The van der Waals surface area contributed by atoms with Crippen LogP contribution in [0.1, 0.15) is 96.8 Å². The lowest BCUT2D eigenvalue weighted by atomic mass is 9.97. The first kappa shape index (κ1) is 75.3. The molecular weight excluding hydrogens is 1250 g/mol. The monoisotopic (exact) mass is 1340 g/mol. The summed E-state index contributed by atoms with van der Waals surface area (Å²) >= 11 is 0. The maximum atomic E-state index is 15.1. The van der Waals surface area contributed by atoms with E-state index in [0.717, 1.165) is 27.4 Å². The fourth-order valence-corrected chi connectivity index (χ4v) is 11.1. The molecule has 0 aliphatic carbocycles. The summed E-state index contributed by atoms with van der Waals surface area (Å²) < 4.78 is 0. The van der Waals surface area contributed by atoms with E-state index in [1.807, 2.05) is 66.7 Å². The van der Waals surface area contributed by atoms with Crippen LogP contribution in [-0.2, 0) is 62.4 Å². The van der Waals surface area contributed by atoms with Crippen molar-refractivity contribution in [1.82, 2.24) is 57.5 Å². The molecule has 3 heterocycles. The molecule has 31 nitrogen and oxygen atoms in total. The summed E-state index contributed by atoms with van der Waals surface area (Å²) in [6.45, 7) is 10.3. The van der Waals surface area contributed by atoms with Gasteiger partial charge in [-0.2, -0.15) is 0 Å². The SMILES string of the molecule is CC(C)[C@H](NC(=O)[C@H](Cc1c[nH]c2ccccc12)NC(=O)[C@@H](NC(=O)[C@@H](NC(=O)[C@@H](N)Cc1c[nH]c2ccccc12)C(C)C)C(C)C)C(=O)N[C@@H](Cc1c[nH]c2ccccc12)C(=O)N[C@@H](CCCN=C(N)N)C(=O)N[C@@H](CCCN=C(N)N)C(=O)N[C@@H](CCCN=C(N)N)C(=O)O. The highest BCUT2D eigenvalue weighted by Crippen LogP contribution is 2.23. The molecule has 0 radical (unpaired) electrons. The number of fused-ring (bicyclic) bond motifs is 3. The third-order valence-corrected chi connectivity index (χ3v) is 16.4. The van der Waals surface area contributed by atoms with Gasteiger partial charge in [-0.25, -0.2) is 4.79 Å². The largest absolute Gasteiger partial charge is 0.480 e. The Kier molecular flexibility index (Phi) is 28.1. The van der Waals surface area contributed by atoms with Crippen LogP contribution in [0.4, 0.5) is 0 Å². The minimum absolute atomic E-state index is 0.00625. The number of carboxylic acids is 1. The molecule has 6 rings (SSSR count). The number of aliphatic carboxylic acids is 1. The number of amides is 8. The molecular formula is C66H95N21O10. The van der Waals surface area contributed by atoms with Crippen molar-refractivity contribution in [2.45, 2.75) is 154 Å². The van der Waals surface area contributed by atoms with Gasteiger partial charge in [0.25, 0.3) is 0 Å². The minimum atomic E-state index is -1.47. The second-order valence-electron chi connectivity index (χ2n) is 25.0. The molecule has 0 spiro atoms. The molecule has 0 fully saturated rings. The zero-order chi connectivity index (χ0) is 71.0. The van der Waals surface area contributed by atoms with Gasteiger partial charge in [-0.15, -0.1) is 0 Å². The summed E-state index contributed by atoms with van der Waals surface area (Å²) in [5, 5.41) is 34.5. The summed E-state index contributed by atoms with van der Waals surface area (Å²) in [7, 11) is 0. The molecule has 3 aromatic carbocycles. The Bertz CT molecular complexity index is 3780. The van der Waals surface area contributed by atoms with Crippen LogP contribution in [0, 0.1) is 17.8 Å². The molecule has 0 aliphatic rings. The van der Waals surface area contributed by atoms with Gasteiger partial charge in [-0.3, -0.25) is 53.3 Å². The Balaban J connectivity index is 1.27. The molecule has 3 aromatic heterocycles. The molecule has 524 valence electrons. The highest BCUT2D eigenvalue weighted by Gasteiger charge is 2.38. The molecule has 0 bridgehead atoms. The van der Waals surface area contributed by atoms with Crippen LogP contribution >= 0.6 is 0 Å². The Morgan fingerprint density at radius 2 is 0.660 bits per heavy atom. The third kappa shape index (κ3) is 22.5. The van der Waals surface area contributed by atoms with Crippen molar-refractivity contribution in [1.29, 1.82) is 0 Å². The second-order valence-corrected chi connectivity index (χ2v) is 25.0. The zero-order valence-corrected chi connectivity index (χ0v) is 55.6. The van der Waals surface area contributed by atoms with E-state index in [1.165, 1.54) is 0 Å². The van der Waals surface area contributed by atoms with Gasteiger partial charge in [0.05, 0.1) is 6.04 Å². The highest BCUT2D eigenvalue weighted by atomic mass is 16.4. The van der Waals surface area contributed by atoms with E-state index in [2.05, 4.69) is 72.5 Å². The van der Waals surface area contributed by atoms with Gasteiger partial charge in [0.1, 0.15) is 48.3 Å². The lowest BCUT2D eigenvalue weighted by molar-refractivity contribution is -0.142. The van der Waals surface area contributed by atoms with Crippen LogP contribution in [0.2, 0.25) is 0 Å². The molecule has 0 aliphatic heterocycles. The van der Waals surface area contributed by atoms with Gasteiger partial charge in [0.2, 0.25) is 47.3 Å². The Hall–Kier alpha value is -10.7. The molecule has 26 N–H and O–H groups in total. The molecule has 8 amide bonds. The van der Waals surface area contributed by atoms with Crippen LogP contribution in [0.5, 0.6) is 0 Å². The van der Waals surface area contributed by atoms with Crippen molar-refractivity contribution in [2.24, 2.45) is 72.9 Å². The molecule has 6 aromatic rings. The average Bonchev–Trinajstić information content (AvgIpc) is 1.81. The van der Waals surface area contributed by atoms with Crippen LogP contribution in [0.25, 0.3) is 32.7 Å². The van der Waals surface area contributed by atoms with E-state index in [0.29, 0.717) is 22.0 Å². The molecule has 0 unspecified atom stereocenters. The summed E-state index contributed by atoms with van der Waals surface area (Å²) in [6, 6.07) is 10.2. The number of hydrogen-bond acceptors (Lipinski definition) is 13. The maximum absolute atomic E-state index is 15.1. The second kappa shape index (κ2) is 36.2. The van der Waals surface area contributed by atoms with Crippen LogP contribution in [-0.4, -0.2) is 165 Å². The molecule has 97 heavy (non-hydrogen) atoms. The smallest absolute Gasteiger partial charge is 0.326 e. The number of H-pyrrole nitrogens is 3. The average molecular weight is 1340 g/mol. The number of carboxylic acid groups (broad SMARTS) is 1. The quantitative estimate of drug-likeness (QED) is 0.0133. The fraction of sp³-hybridized carbons (Fsp3) is 0.455. The maximum Gasteiger partial charge on any atom is 0.326 e. The molecule has 31 heteroatoms. The number of guanidine groups is 3. The predicted octanol–water partition coefficient (Wildman–Crippen LogP) is -0.423. The number of aromatic amines is 3. The van der Waals surface area contributed by atoms with Crippen LogP contribution in [0.15, 0.2) is 106 Å². The lowest BCUT2D eigenvalue weighted by Gasteiger charge is -2.30. The number of para-hydroxylation sites is 3. The minimum Gasteiger partial charge on any atom is -0.480 e. The highest BCUT2D eigenvalue weighted by molar-refractivity contribution is 5.99. The number of nitrogens with zero attached hydrogens (tertiary/aromatic N) is 3. The standard InChI is InChI=1S/C66H95N21O10/c1-34(2)52(86-59(92)51(30-39-33-79-46-21-12-9-18-42(39)46)84-61(94)53(35(3)4)87-62(95)54(36(5)6)85-55(88)43(67)28-37-31-77-44-19-10-7-16-40(37)44)60(93)83-50(29-38-32-78-45-20-11-8-17-41(38)45)58(91)81-47(22-13-25-74-64(68)69)56(89)80-48(23-14-26-75-65(70)71)57(90)82-49(63(96)97)24-15-27-76-66(72)73/h7-12,16-21,31-36,43,47-54,77-79H,13-15,22-30,67H2,1-6H3,(H,80,89)(H,81,91)(H,82,90)(H,83,93)(H,84,94)(H,85,88)(H,86,92)(H,87,95)(H,96,97)(H4,68,69,74)(H4,70,71,75)(H4,72,73,76)/t43-,47-,48-,49-,50-,51-,52-,53-,54-/m0/s1. The van der Waals surface area contributed by atoms with E-state index in [9.17, 15) is 33.9 Å². The van der Waals surface area contributed by atoms with E-state index >= 15 is 14.4 Å². The van der Waals surface area contributed by atoms with Crippen molar-refractivity contribution in [3.63, 3.8) is 0 Å². The number of aliphatic imine (C=N–C) groups is 3. The van der Waals surface area contributed by atoms with Gasteiger partial charge < -0.3 is 103 Å². The topological polar surface area (TPSA) is 537 Å². The first-order valence-electron chi connectivity index (χ1n) is 32.3. The van der Waals surface area contributed by atoms with Gasteiger partial charge >= 0.3 is 5.97 Å². The van der Waals surface area contributed by atoms with Crippen molar-refractivity contribution in [3.8, 4) is 0 Å². The van der Waals surface area contributed by atoms with Gasteiger partial charge in [-0.05, 0) is 97.6 Å². The van der Waals surface area contributed by atoms with Crippen molar-refractivity contribution in [3.05, 3.63) is 108 Å². The summed E-state index contributed by atoms with van der Waals surface area (Å²) in [4.78, 5) is 150. The Morgan fingerprint density at radius 1 is 0.381 bits per heavy atom. The number of carbonyl (C=O) groups is 9. The Labute approximate surface area is 561 Å². The number of carbonyl (C=O) groups excluding carboxylic acids is 8. The van der Waals surface area contributed by atoms with E-state index in [-0.39, 0.29) is 95.3 Å². The van der Waals surface area contributed by atoms with E-state index < -0.39 is 125 Å². The van der Waals surface area contributed by atoms with Gasteiger partial charge in [0, 0.05) is 83.8 Å². The molecule has 0 saturated carbocycles. The number of nitrogens with two attached hydrogens (primary N) is 7. The third-order valence-electron chi connectivity index (χ3n) is 16.4. The fourth-order valence-electron chi connectivity index (χ4n) is 11.1. The predicted molar refractivity (Wildman–Crippen MR) is 371 cm³/mol. The van der Waals surface area contributed by atoms with Crippen LogP contribution in [0.3, 0.4) is 0 Å². The lowest BCUT2D eigenvalue weighted by Crippen LogP contribution is -2.62. The van der Waals surface area contributed by atoms with Crippen molar-refractivity contribution in [2.75, 3.05) is 19.6 Å². The molecule has 0 saturated heterocycles. The summed E-state index contributed by atoms with van der Waals surface area (Å²) in [5.41, 5.74) is 44.0. The van der Waals surface area contributed by atoms with Crippen LogP contribution < -0.4 is 82.7 Å². The van der Waals surface area contributed by atoms with E-state index in [4.69, 9.17) is 40.1 Å². The van der Waals surface area contributed by atoms with Gasteiger partial charge in [0.15, 0.2) is 17.9 Å². The first-order valence-corrected chi connectivity index (χ1v) is 32.3. The van der Waals surface area contributed by atoms with E-state index in [1.54, 1.807) is 66.2 Å². The summed E-state index contributed by atoms with van der Waals surface area (Å²) in [5.74, 6) is -9.99. The number of benzene rings is 3.